The zero-order chi connectivity index (χ0) is 17.8. The average Bonchev–Trinajstić information content (AvgIpc) is 2.42. The topological polar surface area (TPSA) is 50.7 Å². The molecule has 0 unspecified atom stereocenters. The Hall–Kier alpha value is -2.26. The van der Waals surface area contributed by atoms with Crippen LogP contribution >= 0.6 is 0 Å². The third kappa shape index (κ3) is 5.46. The van der Waals surface area contributed by atoms with Gasteiger partial charge in [0.1, 0.15) is 5.71 Å². The van der Waals surface area contributed by atoms with E-state index in [2.05, 4.69) is 9.84 Å². The molecule has 10 heteroatoms. The van der Waals surface area contributed by atoms with Gasteiger partial charge in [-0.25, -0.2) is 4.79 Å². The lowest BCUT2D eigenvalue weighted by atomic mass is 10.1. The van der Waals surface area contributed by atoms with Gasteiger partial charge in [-0.1, -0.05) is 0 Å². The molecule has 1 aromatic carbocycles. The predicted molar refractivity (Wildman–Crippen MR) is 69.8 cm³/mol. The molecule has 4 nitrogen and oxygen atoms in total. The molecule has 0 saturated carbocycles. The van der Waals surface area contributed by atoms with Gasteiger partial charge in [-0.05, 0) is 32.0 Å². The summed E-state index contributed by atoms with van der Waals surface area (Å²) >= 11 is 0. The van der Waals surface area contributed by atoms with Crippen molar-refractivity contribution in [1.82, 2.24) is 0 Å². The molecule has 0 aliphatic carbocycles. The Morgan fingerprint density at radius 1 is 1.09 bits per heavy atom. The van der Waals surface area contributed by atoms with Gasteiger partial charge in [0.2, 0.25) is 0 Å². The third-order valence-corrected chi connectivity index (χ3v) is 2.51. The smallest absolute Gasteiger partial charge is 0.416 e. The van der Waals surface area contributed by atoms with Crippen molar-refractivity contribution in [3.8, 4) is 0 Å². The Morgan fingerprint density at radius 2 is 1.57 bits per heavy atom. The first kappa shape index (κ1) is 18.8. The summed E-state index contributed by atoms with van der Waals surface area (Å²) in [5, 5.41) is 3.42. The van der Waals surface area contributed by atoms with E-state index < -0.39 is 35.1 Å². The van der Waals surface area contributed by atoms with E-state index in [1.54, 1.807) is 0 Å². The Labute approximate surface area is 127 Å². The first-order valence-corrected chi connectivity index (χ1v) is 6.22. The van der Waals surface area contributed by atoms with Crippen molar-refractivity contribution in [3.05, 3.63) is 29.3 Å². The number of nitrogens with one attached hydrogen (secondary N) is 1. The van der Waals surface area contributed by atoms with E-state index in [4.69, 9.17) is 0 Å². The third-order valence-electron chi connectivity index (χ3n) is 2.51. The summed E-state index contributed by atoms with van der Waals surface area (Å²) in [5.74, 6) is -0.844. The van der Waals surface area contributed by atoms with Crippen molar-refractivity contribution >= 4 is 17.4 Å². The second-order valence-corrected chi connectivity index (χ2v) is 4.32. The molecule has 0 heterocycles. The zero-order valence-corrected chi connectivity index (χ0v) is 12.0. The highest BCUT2D eigenvalue weighted by atomic mass is 19.4. The quantitative estimate of drug-likeness (QED) is 0.388. The lowest BCUT2D eigenvalue weighted by Crippen LogP contribution is -2.16. The number of alkyl halides is 6. The van der Waals surface area contributed by atoms with Gasteiger partial charge in [0, 0.05) is 0 Å². The summed E-state index contributed by atoms with van der Waals surface area (Å²) < 4.78 is 80.5. The van der Waals surface area contributed by atoms with E-state index >= 15 is 0 Å². The van der Waals surface area contributed by atoms with E-state index in [1.165, 1.54) is 13.8 Å². The standard InChI is InChI=1S/C13H12F6N2O2/c1-3-23-11(22)7(2)20-21-10-5-8(12(14,15)16)4-9(6-10)13(17,18)19/h4-6,21H,3H2,1-2H3/b20-7+. The van der Waals surface area contributed by atoms with Crippen LogP contribution in [0.3, 0.4) is 0 Å². The van der Waals surface area contributed by atoms with Crippen LogP contribution in [-0.2, 0) is 21.9 Å². The lowest BCUT2D eigenvalue weighted by molar-refractivity contribution is -0.143. The number of hydrogen-bond donors (Lipinski definition) is 1. The minimum Gasteiger partial charge on any atom is -0.461 e. The second-order valence-electron chi connectivity index (χ2n) is 4.32. The highest BCUT2D eigenvalue weighted by Gasteiger charge is 2.36. The monoisotopic (exact) mass is 342 g/mol. The van der Waals surface area contributed by atoms with Crippen molar-refractivity contribution in [1.29, 1.82) is 0 Å². The number of carbonyl (C=O) groups is 1. The van der Waals surface area contributed by atoms with Crippen molar-refractivity contribution in [2.45, 2.75) is 26.2 Å². The maximum atomic E-state index is 12.7. The molecular formula is C13H12F6N2O2. The number of esters is 1. The average molecular weight is 342 g/mol. The number of rotatable bonds is 4. The van der Waals surface area contributed by atoms with Gasteiger partial charge in [0.15, 0.2) is 0 Å². The predicted octanol–water partition coefficient (Wildman–Crippen LogP) is 4.08. The molecule has 1 aromatic rings. The summed E-state index contributed by atoms with van der Waals surface area (Å²) in [6.07, 6.45) is -9.92. The number of ether oxygens (including phenoxy) is 1. The molecule has 0 fully saturated rings. The maximum Gasteiger partial charge on any atom is 0.416 e. The number of benzene rings is 1. The lowest BCUT2D eigenvalue weighted by Gasteiger charge is -2.14. The summed E-state index contributed by atoms with van der Waals surface area (Å²) in [6, 6.07) is 0.904. The van der Waals surface area contributed by atoms with Crippen LogP contribution in [-0.4, -0.2) is 18.3 Å². The molecule has 0 aliphatic heterocycles. The first-order chi connectivity index (χ1) is 10.4. The number of nitrogens with zero attached hydrogens (tertiary/aromatic N) is 1. The van der Waals surface area contributed by atoms with Crippen LogP contribution < -0.4 is 5.43 Å². The van der Waals surface area contributed by atoms with Crippen LogP contribution in [0.2, 0.25) is 0 Å². The minimum atomic E-state index is -4.96. The highest BCUT2D eigenvalue weighted by Crippen LogP contribution is 2.37. The fourth-order valence-corrected chi connectivity index (χ4v) is 1.45. The van der Waals surface area contributed by atoms with E-state index in [9.17, 15) is 31.1 Å². The zero-order valence-electron chi connectivity index (χ0n) is 12.0. The molecule has 128 valence electrons. The largest absolute Gasteiger partial charge is 0.461 e. The van der Waals surface area contributed by atoms with Gasteiger partial charge < -0.3 is 4.74 Å². The molecule has 0 spiro atoms. The number of anilines is 1. The Bertz CT molecular complexity index is 575. The highest BCUT2D eigenvalue weighted by molar-refractivity contribution is 6.35. The molecule has 0 aromatic heterocycles. The molecule has 0 atom stereocenters. The number of hydrazone groups is 1. The molecule has 0 amide bonds. The van der Waals surface area contributed by atoms with Crippen LogP contribution in [0.5, 0.6) is 0 Å². The van der Waals surface area contributed by atoms with Crippen molar-refractivity contribution in [3.63, 3.8) is 0 Å². The summed E-state index contributed by atoms with van der Waals surface area (Å²) in [4.78, 5) is 11.3. The van der Waals surface area contributed by atoms with Gasteiger partial charge in [-0.15, -0.1) is 0 Å². The first-order valence-electron chi connectivity index (χ1n) is 6.22. The van der Waals surface area contributed by atoms with Crippen molar-refractivity contribution in [2.75, 3.05) is 12.0 Å². The van der Waals surface area contributed by atoms with Crippen LogP contribution in [0.25, 0.3) is 0 Å². The molecule has 1 rings (SSSR count). The summed E-state index contributed by atoms with van der Waals surface area (Å²) in [7, 11) is 0. The van der Waals surface area contributed by atoms with Crippen LogP contribution in [0.1, 0.15) is 25.0 Å². The normalized spacial score (nSPS) is 13.0. The van der Waals surface area contributed by atoms with E-state index in [0.29, 0.717) is 12.1 Å². The summed E-state index contributed by atoms with van der Waals surface area (Å²) in [5.41, 5.74) is -1.79. The molecule has 0 aliphatic rings. The van der Waals surface area contributed by atoms with Gasteiger partial charge >= 0.3 is 18.3 Å². The van der Waals surface area contributed by atoms with E-state index in [-0.39, 0.29) is 18.4 Å². The van der Waals surface area contributed by atoms with Crippen molar-refractivity contribution < 1.29 is 35.9 Å². The molecule has 0 bridgehead atoms. The number of hydrogen-bond acceptors (Lipinski definition) is 4. The van der Waals surface area contributed by atoms with Crippen LogP contribution in [0.15, 0.2) is 23.3 Å². The Kier molecular flexibility index (Phi) is 5.62. The SMILES string of the molecule is CCOC(=O)/C(C)=N/Nc1cc(C(F)(F)F)cc(C(F)(F)F)c1. The summed E-state index contributed by atoms with van der Waals surface area (Å²) in [6.45, 7) is 2.78. The fraction of sp³-hybridized carbons (Fsp3) is 0.385. The number of carbonyl (C=O) groups excluding carboxylic acids is 1. The molecule has 0 saturated heterocycles. The van der Waals surface area contributed by atoms with E-state index in [0.717, 1.165) is 0 Å². The Morgan fingerprint density at radius 3 is 1.96 bits per heavy atom. The maximum absolute atomic E-state index is 12.7. The van der Waals surface area contributed by atoms with Gasteiger partial charge in [0.05, 0.1) is 23.4 Å². The molecule has 0 radical (unpaired) electrons. The van der Waals surface area contributed by atoms with Gasteiger partial charge in [0.25, 0.3) is 0 Å². The van der Waals surface area contributed by atoms with Crippen LogP contribution in [0, 0.1) is 0 Å². The molecule has 23 heavy (non-hydrogen) atoms. The number of halogens is 6. The molecule has 1 N–H and O–H groups in total. The second kappa shape index (κ2) is 6.88. The van der Waals surface area contributed by atoms with E-state index in [1.807, 2.05) is 5.43 Å². The van der Waals surface area contributed by atoms with Crippen LogP contribution in [0.4, 0.5) is 32.0 Å². The molecular weight excluding hydrogens is 330 g/mol. The van der Waals surface area contributed by atoms with Gasteiger partial charge in [-0.3, -0.25) is 5.43 Å². The fourth-order valence-electron chi connectivity index (χ4n) is 1.45. The Balaban J connectivity index is 3.16. The van der Waals surface area contributed by atoms with Crippen molar-refractivity contribution in [2.24, 2.45) is 5.10 Å². The minimum absolute atomic E-state index is 0.00685. The van der Waals surface area contributed by atoms with Gasteiger partial charge in [-0.2, -0.15) is 31.4 Å².